The fourth-order valence-corrected chi connectivity index (χ4v) is 4.55. The van der Waals surface area contributed by atoms with Gasteiger partial charge in [0.15, 0.2) is 11.5 Å². The van der Waals surface area contributed by atoms with E-state index in [0.717, 1.165) is 55.5 Å². The number of hydrogen-bond acceptors (Lipinski definition) is 6. The van der Waals surface area contributed by atoms with Crippen LogP contribution in [0.4, 0.5) is 5.69 Å². The molecule has 1 amide bonds. The Balaban J connectivity index is 1.26. The number of nitrogens with zero attached hydrogens (tertiary/aromatic N) is 2. The van der Waals surface area contributed by atoms with Crippen molar-refractivity contribution in [1.29, 1.82) is 0 Å². The van der Waals surface area contributed by atoms with Crippen molar-refractivity contribution in [3.05, 3.63) is 83.9 Å². The van der Waals surface area contributed by atoms with Crippen molar-refractivity contribution in [2.75, 3.05) is 45.4 Å². The summed E-state index contributed by atoms with van der Waals surface area (Å²) in [4.78, 5) is 18.1. The molecule has 3 aromatic rings. The second kappa shape index (κ2) is 10.2. The van der Waals surface area contributed by atoms with Crippen LogP contribution < -0.4 is 19.5 Å². The number of carbonyl (C=O) groups excluding carboxylic acids is 1. The Hall–Kier alpha value is -3.55. The highest BCUT2D eigenvalue weighted by Gasteiger charge is 2.30. The van der Waals surface area contributed by atoms with E-state index in [4.69, 9.17) is 14.2 Å². The number of methoxy groups -OCH3 is 1. The van der Waals surface area contributed by atoms with Gasteiger partial charge in [-0.3, -0.25) is 14.6 Å². The molecule has 0 radical (unpaired) electrons. The van der Waals surface area contributed by atoms with Crippen molar-refractivity contribution in [2.45, 2.75) is 12.6 Å². The maximum atomic E-state index is 13.5. The number of ether oxygens (including phenoxy) is 3. The lowest BCUT2D eigenvalue weighted by Gasteiger charge is -2.38. The number of nitrogens with one attached hydrogen (secondary N) is 1. The summed E-state index contributed by atoms with van der Waals surface area (Å²) in [6, 6.07) is 23.2. The molecule has 1 atom stereocenters. The van der Waals surface area contributed by atoms with Gasteiger partial charge < -0.3 is 19.5 Å². The average Bonchev–Trinajstić information content (AvgIpc) is 3.34. The SMILES string of the molecule is COc1cccc(NC(=O)[C@@H](c2ccccc2)N2CCN(Cc3ccc4c(c3)OCO4)CC2)c1. The summed E-state index contributed by atoms with van der Waals surface area (Å²) < 4.78 is 16.2. The first kappa shape index (κ1) is 22.3. The second-order valence-corrected chi connectivity index (χ2v) is 8.53. The molecule has 0 saturated carbocycles. The van der Waals surface area contributed by atoms with Gasteiger partial charge in [-0.1, -0.05) is 42.5 Å². The smallest absolute Gasteiger partial charge is 0.246 e. The number of carbonyl (C=O) groups is 1. The molecular weight excluding hydrogens is 430 g/mol. The molecule has 0 spiro atoms. The number of fused-ring (bicyclic) bond motifs is 1. The van der Waals surface area contributed by atoms with Crippen molar-refractivity contribution >= 4 is 11.6 Å². The molecule has 0 bridgehead atoms. The predicted molar refractivity (Wildman–Crippen MR) is 130 cm³/mol. The lowest BCUT2D eigenvalue weighted by atomic mass is 10.0. The third-order valence-electron chi connectivity index (χ3n) is 6.32. The molecule has 7 nitrogen and oxygen atoms in total. The normalized spacial score (nSPS) is 16.7. The van der Waals surface area contributed by atoms with E-state index in [1.54, 1.807) is 7.11 Å². The molecule has 0 unspecified atom stereocenters. The van der Waals surface area contributed by atoms with Crippen LogP contribution in [0, 0.1) is 0 Å². The molecule has 0 aromatic heterocycles. The van der Waals surface area contributed by atoms with Crippen molar-refractivity contribution in [3.63, 3.8) is 0 Å². The fourth-order valence-electron chi connectivity index (χ4n) is 4.55. The van der Waals surface area contributed by atoms with Crippen molar-refractivity contribution in [3.8, 4) is 17.2 Å². The quantitative estimate of drug-likeness (QED) is 0.578. The Labute approximate surface area is 199 Å². The van der Waals surface area contributed by atoms with Gasteiger partial charge >= 0.3 is 0 Å². The Kier molecular flexibility index (Phi) is 6.65. The van der Waals surface area contributed by atoms with Crippen LogP contribution in [-0.2, 0) is 11.3 Å². The van der Waals surface area contributed by atoms with Gasteiger partial charge in [0.2, 0.25) is 12.7 Å². The van der Waals surface area contributed by atoms with E-state index in [0.29, 0.717) is 5.75 Å². The highest BCUT2D eigenvalue weighted by atomic mass is 16.7. The van der Waals surface area contributed by atoms with Crippen LogP contribution in [0.15, 0.2) is 72.8 Å². The van der Waals surface area contributed by atoms with Gasteiger partial charge in [0.25, 0.3) is 0 Å². The summed E-state index contributed by atoms with van der Waals surface area (Å²) in [5.41, 5.74) is 2.92. The first-order chi connectivity index (χ1) is 16.7. The summed E-state index contributed by atoms with van der Waals surface area (Å²) >= 11 is 0. The number of rotatable bonds is 7. The number of benzene rings is 3. The predicted octanol–water partition coefficient (Wildman–Crippen LogP) is 3.92. The maximum Gasteiger partial charge on any atom is 0.246 e. The molecule has 0 aliphatic carbocycles. The topological polar surface area (TPSA) is 63.3 Å². The molecule has 1 N–H and O–H groups in total. The lowest BCUT2D eigenvalue weighted by Crippen LogP contribution is -2.49. The number of anilines is 1. The molecule has 176 valence electrons. The first-order valence-corrected chi connectivity index (χ1v) is 11.5. The van der Waals surface area contributed by atoms with Crippen LogP contribution >= 0.6 is 0 Å². The van der Waals surface area contributed by atoms with Crippen LogP contribution in [0.3, 0.4) is 0 Å². The van der Waals surface area contributed by atoms with E-state index in [-0.39, 0.29) is 18.7 Å². The zero-order chi connectivity index (χ0) is 23.3. The number of piperazine rings is 1. The second-order valence-electron chi connectivity index (χ2n) is 8.53. The highest BCUT2D eigenvalue weighted by Crippen LogP contribution is 2.33. The molecule has 2 aliphatic heterocycles. The van der Waals surface area contributed by atoms with E-state index in [1.165, 1.54) is 5.56 Å². The molecule has 3 aromatic carbocycles. The van der Waals surface area contributed by atoms with Crippen molar-refractivity contribution in [2.24, 2.45) is 0 Å². The summed E-state index contributed by atoms with van der Waals surface area (Å²) in [6.07, 6.45) is 0. The van der Waals surface area contributed by atoms with Gasteiger partial charge in [0.05, 0.1) is 7.11 Å². The Morgan fingerprint density at radius 2 is 1.74 bits per heavy atom. The van der Waals surface area contributed by atoms with Gasteiger partial charge in [-0.05, 0) is 35.4 Å². The van der Waals surface area contributed by atoms with Crippen LogP contribution in [-0.4, -0.2) is 55.8 Å². The molecule has 5 rings (SSSR count). The van der Waals surface area contributed by atoms with Crippen LogP contribution in [0.2, 0.25) is 0 Å². The van der Waals surface area contributed by atoms with E-state index < -0.39 is 0 Å². The molecule has 7 heteroatoms. The minimum atomic E-state index is -0.361. The van der Waals surface area contributed by atoms with Gasteiger partial charge in [-0.15, -0.1) is 0 Å². The monoisotopic (exact) mass is 459 g/mol. The summed E-state index contributed by atoms with van der Waals surface area (Å²) in [6.45, 7) is 4.49. The Bertz CT molecular complexity index is 1130. The van der Waals surface area contributed by atoms with Gasteiger partial charge in [0, 0.05) is 44.5 Å². The lowest BCUT2D eigenvalue weighted by molar-refractivity contribution is -0.122. The average molecular weight is 460 g/mol. The molecule has 2 heterocycles. The molecule has 1 fully saturated rings. The number of hydrogen-bond donors (Lipinski definition) is 1. The van der Waals surface area contributed by atoms with Crippen molar-refractivity contribution in [1.82, 2.24) is 9.80 Å². The van der Waals surface area contributed by atoms with E-state index >= 15 is 0 Å². The summed E-state index contributed by atoms with van der Waals surface area (Å²) in [5.74, 6) is 2.30. The Morgan fingerprint density at radius 3 is 2.53 bits per heavy atom. The molecule has 1 saturated heterocycles. The highest BCUT2D eigenvalue weighted by molar-refractivity contribution is 5.95. The van der Waals surface area contributed by atoms with Crippen LogP contribution in [0.5, 0.6) is 17.2 Å². The number of amides is 1. The third-order valence-corrected chi connectivity index (χ3v) is 6.32. The van der Waals surface area contributed by atoms with E-state index in [1.807, 2.05) is 60.7 Å². The van der Waals surface area contributed by atoms with Gasteiger partial charge in [-0.2, -0.15) is 0 Å². The molecular formula is C27H29N3O4. The molecule has 34 heavy (non-hydrogen) atoms. The largest absolute Gasteiger partial charge is 0.497 e. The minimum absolute atomic E-state index is 0.0383. The fraction of sp³-hybridized carbons (Fsp3) is 0.296. The first-order valence-electron chi connectivity index (χ1n) is 11.5. The Morgan fingerprint density at radius 1 is 0.941 bits per heavy atom. The van der Waals surface area contributed by atoms with Gasteiger partial charge in [0.1, 0.15) is 11.8 Å². The molecule has 2 aliphatic rings. The van der Waals surface area contributed by atoms with E-state index in [2.05, 4.69) is 27.2 Å². The standard InChI is InChI=1S/C27H29N3O4/c1-32-23-9-5-8-22(17-23)28-27(31)26(21-6-3-2-4-7-21)30-14-12-29(13-15-30)18-20-10-11-24-25(16-20)34-19-33-24/h2-11,16-17,26H,12-15,18-19H2,1H3,(H,28,31)/t26-/m1/s1. The summed E-state index contributed by atoms with van der Waals surface area (Å²) in [5, 5.41) is 3.09. The maximum absolute atomic E-state index is 13.5. The van der Waals surface area contributed by atoms with E-state index in [9.17, 15) is 4.79 Å². The third kappa shape index (κ3) is 5.00. The van der Waals surface area contributed by atoms with Crippen LogP contribution in [0.1, 0.15) is 17.2 Å². The van der Waals surface area contributed by atoms with Crippen molar-refractivity contribution < 1.29 is 19.0 Å². The minimum Gasteiger partial charge on any atom is -0.497 e. The zero-order valence-corrected chi connectivity index (χ0v) is 19.3. The van der Waals surface area contributed by atoms with Crippen LogP contribution in [0.25, 0.3) is 0 Å². The van der Waals surface area contributed by atoms with Gasteiger partial charge in [-0.25, -0.2) is 0 Å². The zero-order valence-electron chi connectivity index (χ0n) is 19.3. The summed E-state index contributed by atoms with van der Waals surface area (Å²) in [7, 11) is 1.62.